The first-order chi connectivity index (χ1) is 15.1. The van der Waals surface area contributed by atoms with Crippen LogP contribution >= 0.6 is 15.9 Å². The molecule has 1 fully saturated rings. The summed E-state index contributed by atoms with van der Waals surface area (Å²) in [5.41, 5.74) is -1.28. The summed E-state index contributed by atoms with van der Waals surface area (Å²) in [5, 5.41) is 39.5. The Labute approximate surface area is 188 Å². The van der Waals surface area contributed by atoms with Crippen LogP contribution in [-0.2, 0) is 10.9 Å². The third-order valence-electron chi connectivity index (χ3n) is 5.21. The van der Waals surface area contributed by atoms with Gasteiger partial charge < -0.3 is 20.1 Å². The van der Waals surface area contributed by atoms with Crippen LogP contribution in [0.3, 0.4) is 0 Å². The SMILES string of the molecule is Cc1nc([C@@H]2O[C@H](CO)[C@H](O)[C@H](n3cccn3)[C@H]2O)n(-c2cc(Br)ccc2C(F)(F)F)n1. The summed E-state index contributed by atoms with van der Waals surface area (Å²) in [6, 6.07) is 3.94. The lowest BCUT2D eigenvalue weighted by molar-refractivity contribution is -0.210. The van der Waals surface area contributed by atoms with Crippen molar-refractivity contribution in [3.63, 3.8) is 0 Å². The second-order valence-electron chi connectivity index (χ2n) is 7.32. The van der Waals surface area contributed by atoms with E-state index in [1.54, 1.807) is 6.07 Å². The summed E-state index contributed by atoms with van der Waals surface area (Å²) in [4.78, 5) is 4.21. The van der Waals surface area contributed by atoms with E-state index >= 15 is 0 Å². The average molecular weight is 518 g/mol. The summed E-state index contributed by atoms with van der Waals surface area (Å²) in [7, 11) is 0. The summed E-state index contributed by atoms with van der Waals surface area (Å²) in [6.45, 7) is 0.893. The standard InChI is InChI=1S/C19H19BrF3N5O4/c1-9-25-18(28(26-9)12-7-10(20)3-4-11(12)19(21,22)23)17-16(31)14(27-6-2-5-24-27)15(30)13(8-29)32-17/h2-7,13-17,29-31H,8H2,1H3/t13-,14+,15+,16-,17-/m1/s1. The highest BCUT2D eigenvalue weighted by atomic mass is 79.9. The van der Waals surface area contributed by atoms with Gasteiger partial charge in [0.05, 0.1) is 17.9 Å². The Kier molecular flexibility index (Phi) is 6.11. The molecule has 32 heavy (non-hydrogen) atoms. The Hall–Kier alpha value is -2.32. The van der Waals surface area contributed by atoms with E-state index in [-0.39, 0.29) is 17.3 Å². The fourth-order valence-corrected chi connectivity index (χ4v) is 4.15. The Morgan fingerprint density at radius 2 is 1.97 bits per heavy atom. The molecule has 4 rings (SSSR count). The molecule has 0 bridgehead atoms. The van der Waals surface area contributed by atoms with Crippen molar-refractivity contribution in [3.8, 4) is 5.69 Å². The first kappa shape index (κ1) is 22.9. The quantitative estimate of drug-likeness (QED) is 0.483. The van der Waals surface area contributed by atoms with Crippen molar-refractivity contribution in [2.75, 3.05) is 6.61 Å². The molecule has 1 saturated heterocycles. The van der Waals surface area contributed by atoms with Crippen LogP contribution in [0.2, 0.25) is 0 Å². The van der Waals surface area contributed by atoms with Crippen molar-refractivity contribution >= 4 is 15.9 Å². The van der Waals surface area contributed by atoms with E-state index in [1.165, 1.54) is 36.1 Å². The zero-order valence-electron chi connectivity index (χ0n) is 16.6. The molecular weight excluding hydrogens is 499 g/mol. The van der Waals surface area contributed by atoms with E-state index in [1.807, 2.05) is 0 Å². The second kappa shape index (κ2) is 8.56. The maximum atomic E-state index is 13.7. The normalized spacial score (nSPS) is 26.4. The van der Waals surface area contributed by atoms with E-state index < -0.39 is 48.8 Å². The number of aliphatic hydroxyl groups excluding tert-OH is 3. The van der Waals surface area contributed by atoms with E-state index in [0.717, 1.165) is 10.7 Å². The van der Waals surface area contributed by atoms with Gasteiger partial charge in [0, 0.05) is 16.9 Å². The Bertz CT molecular complexity index is 1090. The minimum Gasteiger partial charge on any atom is -0.394 e. The first-order valence-corrected chi connectivity index (χ1v) is 10.3. The number of halogens is 4. The number of hydrogen-bond acceptors (Lipinski definition) is 7. The molecule has 3 N–H and O–H groups in total. The molecule has 5 atom stereocenters. The maximum absolute atomic E-state index is 13.7. The summed E-state index contributed by atoms with van der Waals surface area (Å²) < 4.78 is 49.5. The van der Waals surface area contributed by atoms with Gasteiger partial charge in [0.1, 0.15) is 36.3 Å². The maximum Gasteiger partial charge on any atom is 0.418 e. The van der Waals surface area contributed by atoms with Crippen molar-refractivity contribution in [2.45, 2.75) is 43.6 Å². The Balaban J connectivity index is 1.85. The molecule has 2 aromatic heterocycles. The smallest absolute Gasteiger partial charge is 0.394 e. The van der Waals surface area contributed by atoms with Gasteiger partial charge in [-0.2, -0.15) is 23.4 Å². The number of hydrogen-bond donors (Lipinski definition) is 3. The Morgan fingerprint density at radius 3 is 2.59 bits per heavy atom. The van der Waals surface area contributed by atoms with Gasteiger partial charge >= 0.3 is 6.18 Å². The van der Waals surface area contributed by atoms with Gasteiger partial charge in [0.25, 0.3) is 0 Å². The molecule has 0 saturated carbocycles. The number of rotatable bonds is 4. The number of aryl methyl sites for hydroxylation is 1. The van der Waals surface area contributed by atoms with Crippen molar-refractivity contribution in [2.24, 2.45) is 0 Å². The third kappa shape index (κ3) is 4.06. The summed E-state index contributed by atoms with van der Waals surface area (Å²) in [5.74, 6) is 0.0346. The first-order valence-electron chi connectivity index (χ1n) is 9.54. The number of benzene rings is 1. The fraction of sp³-hybridized carbons (Fsp3) is 0.421. The van der Waals surface area contributed by atoms with Crippen LogP contribution in [0.5, 0.6) is 0 Å². The lowest BCUT2D eigenvalue weighted by Gasteiger charge is -2.41. The Morgan fingerprint density at radius 1 is 1.22 bits per heavy atom. The zero-order valence-corrected chi connectivity index (χ0v) is 18.1. The summed E-state index contributed by atoms with van der Waals surface area (Å²) >= 11 is 3.18. The van der Waals surface area contributed by atoms with Gasteiger partial charge in [-0.05, 0) is 31.2 Å². The molecule has 1 aromatic carbocycles. The van der Waals surface area contributed by atoms with Gasteiger partial charge in [-0.25, -0.2) is 9.67 Å². The largest absolute Gasteiger partial charge is 0.418 e. The second-order valence-corrected chi connectivity index (χ2v) is 8.24. The molecule has 0 radical (unpaired) electrons. The molecular formula is C19H19BrF3N5O4. The van der Waals surface area contributed by atoms with Gasteiger partial charge in [-0.3, -0.25) is 4.68 Å². The van der Waals surface area contributed by atoms with Crippen molar-refractivity contribution in [3.05, 3.63) is 58.3 Å². The fourth-order valence-electron chi connectivity index (χ4n) is 3.80. The minimum atomic E-state index is -4.68. The van der Waals surface area contributed by atoms with Crippen LogP contribution < -0.4 is 0 Å². The van der Waals surface area contributed by atoms with Crippen LogP contribution in [0.25, 0.3) is 5.69 Å². The number of nitrogens with zero attached hydrogens (tertiary/aromatic N) is 5. The number of alkyl halides is 3. The van der Waals surface area contributed by atoms with Gasteiger partial charge in [0.2, 0.25) is 0 Å². The lowest BCUT2D eigenvalue weighted by Crippen LogP contribution is -2.53. The molecule has 0 amide bonds. The topological polar surface area (TPSA) is 118 Å². The molecule has 1 aliphatic heterocycles. The highest BCUT2D eigenvalue weighted by Gasteiger charge is 2.48. The summed E-state index contributed by atoms with van der Waals surface area (Å²) in [6.07, 6.45) is -6.97. The average Bonchev–Trinajstić information content (AvgIpc) is 3.37. The lowest BCUT2D eigenvalue weighted by atomic mass is 9.92. The third-order valence-corrected chi connectivity index (χ3v) is 5.70. The molecule has 9 nitrogen and oxygen atoms in total. The predicted molar refractivity (Wildman–Crippen MR) is 107 cm³/mol. The van der Waals surface area contributed by atoms with Crippen LogP contribution in [0.1, 0.15) is 29.4 Å². The van der Waals surface area contributed by atoms with Gasteiger partial charge in [-0.1, -0.05) is 15.9 Å². The number of aromatic nitrogens is 5. The van der Waals surface area contributed by atoms with E-state index in [0.29, 0.717) is 4.47 Å². The van der Waals surface area contributed by atoms with Gasteiger partial charge in [-0.15, -0.1) is 0 Å². The minimum absolute atomic E-state index is 0.110. The van der Waals surface area contributed by atoms with Crippen molar-refractivity contribution in [1.29, 1.82) is 0 Å². The molecule has 13 heteroatoms. The van der Waals surface area contributed by atoms with Crippen LogP contribution in [0.15, 0.2) is 41.1 Å². The van der Waals surface area contributed by atoms with Crippen LogP contribution in [0.4, 0.5) is 13.2 Å². The molecule has 0 unspecified atom stereocenters. The van der Waals surface area contributed by atoms with Crippen molar-refractivity contribution in [1.82, 2.24) is 24.5 Å². The molecule has 1 aliphatic rings. The highest BCUT2D eigenvalue weighted by molar-refractivity contribution is 9.10. The van der Waals surface area contributed by atoms with E-state index in [2.05, 4.69) is 31.1 Å². The van der Waals surface area contributed by atoms with Crippen LogP contribution in [0, 0.1) is 6.92 Å². The monoisotopic (exact) mass is 517 g/mol. The predicted octanol–water partition coefficient (Wildman–Crippen LogP) is 1.95. The van der Waals surface area contributed by atoms with Crippen LogP contribution in [-0.4, -0.2) is 64.8 Å². The van der Waals surface area contributed by atoms with E-state index in [4.69, 9.17) is 4.74 Å². The highest BCUT2D eigenvalue weighted by Crippen LogP contribution is 2.40. The molecule has 3 heterocycles. The van der Waals surface area contributed by atoms with E-state index in [9.17, 15) is 28.5 Å². The molecule has 3 aromatic rings. The number of ether oxygens (including phenoxy) is 1. The number of aliphatic hydroxyl groups is 3. The zero-order chi connectivity index (χ0) is 23.2. The molecule has 172 valence electrons. The molecule has 0 aliphatic carbocycles. The molecule has 0 spiro atoms. The van der Waals surface area contributed by atoms with Gasteiger partial charge in [0.15, 0.2) is 5.82 Å². The van der Waals surface area contributed by atoms with Crippen molar-refractivity contribution < 1.29 is 33.2 Å².